The van der Waals surface area contributed by atoms with E-state index in [0.717, 1.165) is 15.7 Å². The van der Waals surface area contributed by atoms with E-state index in [0.29, 0.717) is 53.8 Å². The van der Waals surface area contributed by atoms with E-state index in [2.05, 4.69) is 26.1 Å². The molecule has 0 aromatic heterocycles. The van der Waals surface area contributed by atoms with E-state index in [4.69, 9.17) is 16.3 Å². The number of aryl methyl sites for hydroxylation is 1. The van der Waals surface area contributed by atoms with Crippen molar-refractivity contribution in [3.63, 3.8) is 0 Å². The fourth-order valence-corrected chi connectivity index (χ4v) is 5.00. The summed E-state index contributed by atoms with van der Waals surface area (Å²) in [7, 11) is 1.55. The molecule has 6 nitrogen and oxygen atoms in total. The summed E-state index contributed by atoms with van der Waals surface area (Å²) in [5, 5.41) is 3.44. The molecule has 176 valence electrons. The summed E-state index contributed by atoms with van der Waals surface area (Å²) in [6, 6.07) is 18.4. The Balaban J connectivity index is 1.42. The molecule has 0 radical (unpaired) electrons. The van der Waals surface area contributed by atoms with Crippen LogP contribution in [0.25, 0.3) is 0 Å². The van der Waals surface area contributed by atoms with E-state index >= 15 is 0 Å². The first kappa shape index (κ1) is 24.1. The van der Waals surface area contributed by atoms with Crippen molar-refractivity contribution in [2.75, 3.05) is 43.5 Å². The van der Waals surface area contributed by atoms with Gasteiger partial charge in [0.15, 0.2) is 0 Å². The SMILES string of the molecule is COc1c(C)cc(Br)cc1C(=O)Nc1ccc(N2CCN(C(=O)c3ccccc3)CC2)c(Cl)c1. The van der Waals surface area contributed by atoms with Crippen molar-refractivity contribution < 1.29 is 14.3 Å². The van der Waals surface area contributed by atoms with Crippen molar-refractivity contribution in [3.8, 4) is 5.75 Å². The molecular formula is C26H25BrClN3O3. The molecule has 0 atom stereocenters. The number of methoxy groups -OCH3 is 1. The number of hydrogen-bond acceptors (Lipinski definition) is 4. The van der Waals surface area contributed by atoms with Gasteiger partial charge in [-0.1, -0.05) is 45.7 Å². The lowest BCUT2D eigenvalue weighted by atomic mass is 10.1. The Bertz CT molecular complexity index is 1210. The number of ether oxygens (including phenoxy) is 1. The highest BCUT2D eigenvalue weighted by Crippen LogP contribution is 2.32. The fourth-order valence-electron chi connectivity index (χ4n) is 4.12. The van der Waals surface area contributed by atoms with Gasteiger partial charge in [-0.2, -0.15) is 0 Å². The number of piperazine rings is 1. The van der Waals surface area contributed by atoms with E-state index in [1.54, 1.807) is 19.2 Å². The molecule has 1 saturated heterocycles. The molecule has 1 aliphatic heterocycles. The normalized spacial score (nSPS) is 13.5. The number of rotatable bonds is 5. The summed E-state index contributed by atoms with van der Waals surface area (Å²) in [5.74, 6) is 0.298. The van der Waals surface area contributed by atoms with Gasteiger partial charge in [-0.05, 0) is 55.0 Å². The number of amides is 2. The van der Waals surface area contributed by atoms with Crippen LogP contribution in [-0.4, -0.2) is 50.0 Å². The van der Waals surface area contributed by atoms with Crippen LogP contribution in [0.1, 0.15) is 26.3 Å². The van der Waals surface area contributed by atoms with Crippen LogP contribution < -0.4 is 15.0 Å². The Hall–Kier alpha value is -3.03. The van der Waals surface area contributed by atoms with E-state index < -0.39 is 0 Å². The van der Waals surface area contributed by atoms with Crippen LogP contribution in [0.3, 0.4) is 0 Å². The first-order valence-corrected chi connectivity index (χ1v) is 12.1. The highest BCUT2D eigenvalue weighted by atomic mass is 79.9. The van der Waals surface area contributed by atoms with Crippen LogP contribution >= 0.6 is 27.5 Å². The molecule has 34 heavy (non-hydrogen) atoms. The van der Waals surface area contributed by atoms with Gasteiger partial charge in [-0.25, -0.2) is 0 Å². The zero-order chi connectivity index (χ0) is 24.2. The van der Waals surface area contributed by atoms with Gasteiger partial charge in [-0.3, -0.25) is 9.59 Å². The Morgan fingerprint density at radius 3 is 2.35 bits per heavy atom. The minimum absolute atomic E-state index is 0.0441. The van der Waals surface area contributed by atoms with Crippen LogP contribution in [-0.2, 0) is 0 Å². The first-order chi connectivity index (χ1) is 16.4. The predicted molar refractivity (Wildman–Crippen MR) is 139 cm³/mol. The monoisotopic (exact) mass is 541 g/mol. The molecule has 3 aromatic carbocycles. The van der Waals surface area contributed by atoms with Crippen LogP contribution in [0.5, 0.6) is 5.75 Å². The van der Waals surface area contributed by atoms with Gasteiger partial charge in [0.1, 0.15) is 5.75 Å². The number of carbonyl (C=O) groups is 2. The molecular weight excluding hydrogens is 518 g/mol. The van der Waals surface area contributed by atoms with Crippen molar-refractivity contribution in [1.29, 1.82) is 0 Å². The van der Waals surface area contributed by atoms with Gasteiger partial charge in [0.25, 0.3) is 11.8 Å². The number of benzene rings is 3. The Morgan fingerprint density at radius 1 is 1.00 bits per heavy atom. The topological polar surface area (TPSA) is 61.9 Å². The van der Waals surface area contributed by atoms with Crippen LogP contribution in [0, 0.1) is 6.92 Å². The second-order valence-corrected chi connectivity index (χ2v) is 9.39. The maximum Gasteiger partial charge on any atom is 0.259 e. The Labute approximate surface area is 212 Å². The largest absolute Gasteiger partial charge is 0.496 e. The number of halogens is 2. The smallest absolute Gasteiger partial charge is 0.259 e. The molecule has 1 fully saturated rings. The van der Waals surface area contributed by atoms with Crippen molar-refractivity contribution in [3.05, 3.63) is 86.8 Å². The lowest BCUT2D eigenvalue weighted by molar-refractivity contribution is 0.0746. The average Bonchev–Trinajstić information content (AvgIpc) is 2.84. The molecule has 1 N–H and O–H groups in total. The standard InChI is InChI=1S/C26H25BrClN3O3/c1-17-14-19(27)15-21(24(17)34-2)25(32)29-20-8-9-23(22(28)16-20)30-10-12-31(13-11-30)26(33)18-6-4-3-5-7-18/h3-9,14-16H,10-13H2,1-2H3,(H,29,32). The predicted octanol–water partition coefficient (Wildman–Crippen LogP) is 5.63. The third kappa shape index (κ3) is 5.21. The lowest BCUT2D eigenvalue weighted by Gasteiger charge is -2.36. The van der Waals surface area contributed by atoms with Gasteiger partial charge in [-0.15, -0.1) is 0 Å². The van der Waals surface area contributed by atoms with Crippen molar-refractivity contribution >= 4 is 50.7 Å². The van der Waals surface area contributed by atoms with Gasteiger partial charge in [0, 0.05) is 41.9 Å². The summed E-state index contributed by atoms with van der Waals surface area (Å²) in [6.45, 7) is 4.48. The average molecular weight is 543 g/mol. The molecule has 0 spiro atoms. The molecule has 1 heterocycles. The molecule has 0 saturated carbocycles. The molecule has 1 aliphatic rings. The summed E-state index contributed by atoms with van der Waals surface area (Å²) in [5.41, 5.74) is 3.47. The van der Waals surface area contributed by atoms with Crippen molar-refractivity contribution in [1.82, 2.24) is 4.90 Å². The maximum atomic E-state index is 12.9. The van der Waals surface area contributed by atoms with Crippen LogP contribution in [0.15, 0.2) is 65.1 Å². The minimum atomic E-state index is -0.280. The number of hydrogen-bond donors (Lipinski definition) is 1. The number of carbonyl (C=O) groups excluding carboxylic acids is 2. The Morgan fingerprint density at radius 2 is 1.71 bits per heavy atom. The second-order valence-electron chi connectivity index (χ2n) is 8.07. The Kier molecular flexibility index (Phi) is 7.44. The fraction of sp³-hybridized carbons (Fsp3) is 0.231. The number of anilines is 2. The molecule has 4 rings (SSSR count). The molecule has 0 bridgehead atoms. The molecule has 3 aromatic rings. The summed E-state index contributed by atoms with van der Waals surface area (Å²) < 4.78 is 6.22. The van der Waals surface area contributed by atoms with E-state index in [-0.39, 0.29) is 11.8 Å². The second kappa shape index (κ2) is 10.5. The van der Waals surface area contributed by atoms with Gasteiger partial charge in [0.05, 0.1) is 23.4 Å². The zero-order valence-corrected chi connectivity index (χ0v) is 21.3. The number of nitrogens with zero attached hydrogens (tertiary/aromatic N) is 2. The van der Waals surface area contributed by atoms with Gasteiger partial charge >= 0.3 is 0 Å². The molecule has 0 unspecified atom stereocenters. The van der Waals surface area contributed by atoms with Gasteiger partial charge in [0.2, 0.25) is 0 Å². The lowest BCUT2D eigenvalue weighted by Crippen LogP contribution is -2.48. The third-order valence-electron chi connectivity index (χ3n) is 5.82. The summed E-state index contributed by atoms with van der Waals surface area (Å²) >= 11 is 10.0. The van der Waals surface area contributed by atoms with Crippen molar-refractivity contribution in [2.45, 2.75) is 6.92 Å². The van der Waals surface area contributed by atoms with Gasteiger partial charge < -0.3 is 19.9 Å². The quantitative estimate of drug-likeness (QED) is 0.454. The highest BCUT2D eigenvalue weighted by molar-refractivity contribution is 9.10. The van der Waals surface area contributed by atoms with E-state index in [1.165, 1.54) is 0 Å². The van der Waals surface area contributed by atoms with Crippen LogP contribution in [0.4, 0.5) is 11.4 Å². The molecule has 2 amide bonds. The molecule has 0 aliphatic carbocycles. The third-order valence-corrected chi connectivity index (χ3v) is 6.58. The minimum Gasteiger partial charge on any atom is -0.496 e. The summed E-state index contributed by atoms with van der Waals surface area (Å²) in [6.07, 6.45) is 0. The first-order valence-electron chi connectivity index (χ1n) is 10.9. The highest BCUT2D eigenvalue weighted by Gasteiger charge is 2.23. The zero-order valence-electron chi connectivity index (χ0n) is 19.0. The van der Waals surface area contributed by atoms with Crippen LogP contribution in [0.2, 0.25) is 5.02 Å². The number of nitrogens with one attached hydrogen (secondary N) is 1. The maximum absolute atomic E-state index is 12.9. The van der Waals surface area contributed by atoms with E-state index in [9.17, 15) is 9.59 Å². The molecule has 8 heteroatoms. The summed E-state index contributed by atoms with van der Waals surface area (Å²) in [4.78, 5) is 29.6. The van der Waals surface area contributed by atoms with Crippen molar-refractivity contribution in [2.24, 2.45) is 0 Å². The van der Waals surface area contributed by atoms with E-state index in [1.807, 2.05) is 60.4 Å².